The maximum atomic E-state index is 9.62. The number of rotatable bonds is 1. The van der Waals surface area contributed by atoms with Crippen LogP contribution in [0.5, 0.6) is 0 Å². The second-order valence-corrected chi connectivity index (χ2v) is 3.10. The Kier molecular flexibility index (Phi) is 2.15. The van der Waals surface area contributed by atoms with E-state index < -0.39 is 5.79 Å². The van der Waals surface area contributed by atoms with E-state index in [1.54, 1.807) is 36.7 Å². The van der Waals surface area contributed by atoms with Crippen LogP contribution in [0, 0.1) is 0 Å². The minimum absolute atomic E-state index is 0.141. The Morgan fingerprint density at radius 3 is 2.79 bits per heavy atom. The van der Waals surface area contributed by atoms with Gasteiger partial charge in [-0.25, -0.2) is 0 Å². The van der Waals surface area contributed by atoms with Crippen molar-refractivity contribution in [2.24, 2.45) is 4.99 Å². The normalized spacial score (nSPS) is 19.1. The summed E-state index contributed by atoms with van der Waals surface area (Å²) in [5.41, 5.74) is 0.683. The second-order valence-electron chi connectivity index (χ2n) is 3.10. The third-order valence-corrected chi connectivity index (χ3v) is 2.00. The van der Waals surface area contributed by atoms with E-state index in [4.69, 9.17) is 0 Å². The molecule has 0 amide bonds. The molecule has 0 atom stereocenters. The average Bonchev–Trinajstić information content (AvgIpc) is 2.18. The molecule has 4 nitrogen and oxygen atoms in total. The minimum atomic E-state index is -1.90. The molecule has 72 valence electrons. The van der Waals surface area contributed by atoms with Gasteiger partial charge in [0.25, 0.3) is 0 Å². The van der Waals surface area contributed by atoms with Crippen molar-refractivity contribution in [3.8, 4) is 0 Å². The van der Waals surface area contributed by atoms with E-state index in [0.717, 1.165) is 0 Å². The Balaban J connectivity index is 2.43. The summed E-state index contributed by atoms with van der Waals surface area (Å²) in [7, 11) is 0. The highest BCUT2D eigenvalue weighted by Crippen LogP contribution is 2.18. The van der Waals surface area contributed by atoms with Crippen LogP contribution in [0.2, 0.25) is 0 Å². The number of hydrogen-bond donors (Lipinski definition) is 2. The van der Waals surface area contributed by atoms with Crippen molar-refractivity contribution in [3.05, 3.63) is 42.4 Å². The molecule has 0 saturated heterocycles. The van der Waals surface area contributed by atoms with Gasteiger partial charge in [-0.15, -0.1) is 0 Å². The molecule has 0 radical (unpaired) electrons. The molecule has 1 aliphatic heterocycles. The number of nitrogens with zero attached hydrogens (tertiary/aromatic N) is 2. The van der Waals surface area contributed by atoms with Crippen molar-refractivity contribution in [1.82, 2.24) is 4.98 Å². The molecule has 0 aliphatic carbocycles. The van der Waals surface area contributed by atoms with Gasteiger partial charge in [0.2, 0.25) is 5.79 Å². The van der Waals surface area contributed by atoms with E-state index in [1.807, 2.05) is 0 Å². The predicted molar refractivity (Wildman–Crippen MR) is 51.7 cm³/mol. The van der Waals surface area contributed by atoms with Gasteiger partial charge in [0.1, 0.15) is 5.71 Å². The van der Waals surface area contributed by atoms with Crippen molar-refractivity contribution in [2.75, 3.05) is 0 Å². The molecule has 2 rings (SSSR count). The van der Waals surface area contributed by atoms with Crippen molar-refractivity contribution in [1.29, 1.82) is 0 Å². The van der Waals surface area contributed by atoms with Gasteiger partial charge >= 0.3 is 0 Å². The highest BCUT2D eigenvalue weighted by atomic mass is 16.5. The van der Waals surface area contributed by atoms with Crippen LogP contribution in [0.25, 0.3) is 0 Å². The van der Waals surface area contributed by atoms with Crippen LogP contribution in [0.1, 0.15) is 12.1 Å². The van der Waals surface area contributed by atoms with Crippen LogP contribution in [0.15, 0.2) is 41.7 Å². The number of aromatic nitrogens is 1. The van der Waals surface area contributed by atoms with Gasteiger partial charge in [-0.2, -0.15) is 0 Å². The molecule has 0 saturated carbocycles. The summed E-state index contributed by atoms with van der Waals surface area (Å²) in [5.74, 6) is -1.90. The summed E-state index contributed by atoms with van der Waals surface area (Å²) >= 11 is 0. The maximum Gasteiger partial charge on any atom is 0.213 e. The lowest BCUT2D eigenvalue weighted by Crippen LogP contribution is -2.40. The van der Waals surface area contributed by atoms with Crippen LogP contribution >= 0.6 is 0 Å². The molecule has 0 spiro atoms. The van der Waals surface area contributed by atoms with Crippen LogP contribution in [-0.4, -0.2) is 26.7 Å². The summed E-state index contributed by atoms with van der Waals surface area (Å²) in [6, 6.07) is 5.23. The topological polar surface area (TPSA) is 65.7 Å². The average molecular weight is 190 g/mol. The quantitative estimate of drug-likeness (QED) is 0.632. The fraction of sp³-hybridized carbons (Fsp3) is 0.200. The molecule has 1 aliphatic rings. The first-order chi connectivity index (χ1) is 6.70. The summed E-state index contributed by atoms with van der Waals surface area (Å²) in [6.45, 7) is 0. The van der Waals surface area contributed by atoms with Crippen LogP contribution in [0.4, 0.5) is 0 Å². The van der Waals surface area contributed by atoms with Crippen molar-refractivity contribution < 1.29 is 10.2 Å². The van der Waals surface area contributed by atoms with Crippen molar-refractivity contribution >= 4 is 5.71 Å². The number of aliphatic imine (C=N–C) groups is 1. The van der Waals surface area contributed by atoms with Gasteiger partial charge in [0.05, 0.1) is 5.69 Å². The highest BCUT2D eigenvalue weighted by molar-refractivity contribution is 6.04. The van der Waals surface area contributed by atoms with Gasteiger partial charge in [-0.3, -0.25) is 9.98 Å². The van der Waals surface area contributed by atoms with Gasteiger partial charge < -0.3 is 10.2 Å². The van der Waals surface area contributed by atoms with E-state index in [-0.39, 0.29) is 12.1 Å². The molecule has 14 heavy (non-hydrogen) atoms. The SMILES string of the molecule is OC1(O)CC=CN=C1c1ccccn1. The fourth-order valence-electron chi connectivity index (χ4n) is 1.32. The van der Waals surface area contributed by atoms with Crippen LogP contribution < -0.4 is 0 Å². The zero-order valence-corrected chi connectivity index (χ0v) is 7.46. The summed E-state index contributed by atoms with van der Waals surface area (Å²) in [5, 5.41) is 19.2. The van der Waals surface area contributed by atoms with E-state index in [1.165, 1.54) is 0 Å². The zero-order chi connectivity index (χ0) is 10.0. The molecule has 2 heterocycles. The first kappa shape index (κ1) is 9.05. The van der Waals surface area contributed by atoms with Crippen molar-refractivity contribution in [3.63, 3.8) is 0 Å². The van der Waals surface area contributed by atoms with Gasteiger partial charge in [0.15, 0.2) is 0 Å². The molecule has 1 aromatic heterocycles. The Bertz CT molecular complexity index is 382. The third kappa shape index (κ3) is 1.57. The molecule has 0 aromatic carbocycles. The Morgan fingerprint density at radius 2 is 2.14 bits per heavy atom. The van der Waals surface area contributed by atoms with E-state index >= 15 is 0 Å². The number of aliphatic hydroxyl groups is 2. The van der Waals surface area contributed by atoms with Crippen LogP contribution in [-0.2, 0) is 0 Å². The molecule has 4 heteroatoms. The lowest BCUT2D eigenvalue weighted by Gasteiger charge is -2.23. The van der Waals surface area contributed by atoms with Gasteiger partial charge in [0, 0.05) is 18.8 Å². The summed E-state index contributed by atoms with van der Waals surface area (Å²) < 4.78 is 0. The highest BCUT2D eigenvalue weighted by Gasteiger charge is 2.32. The fourth-order valence-corrected chi connectivity index (χ4v) is 1.32. The maximum absolute atomic E-state index is 9.62. The molecular weight excluding hydrogens is 180 g/mol. The Morgan fingerprint density at radius 1 is 1.29 bits per heavy atom. The lowest BCUT2D eigenvalue weighted by molar-refractivity contribution is -0.0956. The Labute approximate surface area is 81.3 Å². The zero-order valence-electron chi connectivity index (χ0n) is 7.46. The first-order valence-corrected chi connectivity index (χ1v) is 4.29. The lowest BCUT2D eigenvalue weighted by atomic mass is 10.0. The van der Waals surface area contributed by atoms with E-state index in [2.05, 4.69) is 9.98 Å². The Hall–Kier alpha value is -1.52. The van der Waals surface area contributed by atoms with Crippen LogP contribution in [0.3, 0.4) is 0 Å². The van der Waals surface area contributed by atoms with E-state index in [9.17, 15) is 10.2 Å². The standard InChI is InChI=1S/C10H10N2O2/c13-10(14)5-3-7-12-9(10)8-4-1-2-6-11-8/h1-4,6-7,13-14H,5H2. The first-order valence-electron chi connectivity index (χ1n) is 4.29. The molecule has 0 bridgehead atoms. The summed E-state index contributed by atoms with van der Waals surface area (Å²) in [6.07, 6.45) is 4.88. The smallest absolute Gasteiger partial charge is 0.213 e. The number of pyridine rings is 1. The molecule has 0 fully saturated rings. The largest absolute Gasteiger partial charge is 0.360 e. The number of hydrogen-bond acceptors (Lipinski definition) is 4. The molecule has 1 aromatic rings. The van der Waals surface area contributed by atoms with Gasteiger partial charge in [-0.05, 0) is 12.1 Å². The molecule has 2 N–H and O–H groups in total. The van der Waals surface area contributed by atoms with Crippen molar-refractivity contribution in [2.45, 2.75) is 12.2 Å². The monoisotopic (exact) mass is 190 g/mol. The van der Waals surface area contributed by atoms with Gasteiger partial charge in [-0.1, -0.05) is 12.1 Å². The summed E-state index contributed by atoms with van der Waals surface area (Å²) in [4.78, 5) is 7.94. The minimum Gasteiger partial charge on any atom is -0.360 e. The second kappa shape index (κ2) is 3.32. The predicted octanol–water partition coefficient (Wildman–Crippen LogP) is 0.469. The molecular formula is C10H10N2O2. The third-order valence-electron chi connectivity index (χ3n) is 2.00. The van der Waals surface area contributed by atoms with E-state index in [0.29, 0.717) is 5.69 Å². The molecule has 0 unspecified atom stereocenters.